The summed E-state index contributed by atoms with van der Waals surface area (Å²) in [6, 6.07) is 6.23. The number of fused-ring (bicyclic) bond motifs is 1. The van der Waals surface area contributed by atoms with Crippen molar-refractivity contribution in [2.24, 2.45) is 0 Å². The number of nitrogens with zero attached hydrogens (tertiary/aromatic N) is 3. The second kappa shape index (κ2) is 4.77. The molecule has 0 atom stereocenters. The van der Waals surface area contributed by atoms with Crippen LogP contribution in [0.5, 0.6) is 0 Å². The molecule has 4 nitrogen and oxygen atoms in total. The molecule has 3 rings (SSSR count). The standard InChI is InChI=1S/C16H24N4/c1-12-7-6-8-13-14(12)20(15(17)18-13)11-16(19(2)3)9-4-5-10-16/h6-8H,4-5,9-11H2,1-3H3,(H2,17,18). The molecule has 2 aromatic rings. The predicted molar refractivity (Wildman–Crippen MR) is 83.8 cm³/mol. The van der Waals surface area contributed by atoms with Gasteiger partial charge in [-0.05, 0) is 45.5 Å². The molecule has 108 valence electrons. The highest BCUT2D eigenvalue weighted by molar-refractivity contribution is 5.81. The molecular formula is C16H24N4. The summed E-state index contributed by atoms with van der Waals surface area (Å²) in [5.74, 6) is 0.641. The number of benzene rings is 1. The van der Waals surface area contributed by atoms with E-state index in [9.17, 15) is 0 Å². The Kier molecular flexibility index (Phi) is 3.21. The van der Waals surface area contributed by atoms with Crippen LogP contribution in [0.15, 0.2) is 18.2 Å². The van der Waals surface area contributed by atoms with Gasteiger partial charge in [0.1, 0.15) is 0 Å². The Hall–Kier alpha value is -1.55. The molecule has 2 N–H and O–H groups in total. The number of rotatable bonds is 3. The maximum atomic E-state index is 6.19. The van der Waals surface area contributed by atoms with Gasteiger partial charge < -0.3 is 15.2 Å². The van der Waals surface area contributed by atoms with E-state index >= 15 is 0 Å². The summed E-state index contributed by atoms with van der Waals surface area (Å²) in [4.78, 5) is 6.91. The van der Waals surface area contributed by atoms with Crippen LogP contribution < -0.4 is 5.73 Å². The molecule has 4 heteroatoms. The van der Waals surface area contributed by atoms with Crippen molar-refractivity contribution in [2.75, 3.05) is 19.8 Å². The Balaban J connectivity index is 2.08. The molecular weight excluding hydrogens is 248 g/mol. The zero-order chi connectivity index (χ0) is 14.3. The van der Waals surface area contributed by atoms with Crippen molar-refractivity contribution in [1.82, 2.24) is 14.5 Å². The van der Waals surface area contributed by atoms with Crippen molar-refractivity contribution in [3.63, 3.8) is 0 Å². The maximum absolute atomic E-state index is 6.19. The van der Waals surface area contributed by atoms with E-state index in [4.69, 9.17) is 5.73 Å². The van der Waals surface area contributed by atoms with Crippen molar-refractivity contribution < 1.29 is 0 Å². The maximum Gasteiger partial charge on any atom is 0.201 e. The van der Waals surface area contributed by atoms with Gasteiger partial charge in [-0.25, -0.2) is 4.98 Å². The lowest BCUT2D eigenvalue weighted by Crippen LogP contribution is -2.45. The van der Waals surface area contributed by atoms with Gasteiger partial charge in [-0.2, -0.15) is 0 Å². The fourth-order valence-corrected chi connectivity index (χ4v) is 3.62. The topological polar surface area (TPSA) is 47.1 Å². The number of imidazole rings is 1. The Morgan fingerprint density at radius 2 is 2.00 bits per heavy atom. The number of nitrogens with two attached hydrogens (primary N) is 1. The van der Waals surface area contributed by atoms with Gasteiger partial charge in [-0.15, -0.1) is 0 Å². The van der Waals surface area contributed by atoms with Gasteiger partial charge in [0.05, 0.1) is 11.0 Å². The van der Waals surface area contributed by atoms with Gasteiger partial charge in [0, 0.05) is 12.1 Å². The molecule has 1 aliphatic carbocycles. The van der Waals surface area contributed by atoms with Crippen LogP contribution in [-0.2, 0) is 6.54 Å². The molecule has 1 aromatic heterocycles. The molecule has 1 aromatic carbocycles. The third-order valence-electron chi connectivity index (χ3n) is 4.93. The average Bonchev–Trinajstić information content (AvgIpc) is 2.97. The average molecular weight is 272 g/mol. The molecule has 20 heavy (non-hydrogen) atoms. The van der Waals surface area contributed by atoms with Gasteiger partial charge in [-0.3, -0.25) is 0 Å². The summed E-state index contributed by atoms with van der Waals surface area (Å²) in [5, 5.41) is 0. The third kappa shape index (κ3) is 1.99. The van der Waals surface area contributed by atoms with Crippen molar-refractivity contribution in [3.8, 4) is 0 Å². The van der Waals surface area contributed by atoms with Crippen molar-refractivity contribution in [1.29, 1.82) is 0 Å². The van der Waals surface area contributed by atoms with E-state index in [1.165, 1.54) is 36.8 Å². The Morgan fingerprint density at radius 1 is 1.30 bits per heavy atom. The molecule has 1 heterocycles. The van der Waals surface area contributed by atoms with Crippen molar-refractivity contribution in [3.05, 3.63) is 23.8 Å². The van der Waals surface area contributed by atoms with Crippen LogP contribution >= 0.6 is 0 Å². The second-order valence-electron chi connectivity index (χ2n) is 6.32. The number of anilines is 1. The van der Waals surface area contributed by atoms with Crippen LogP contribution in [0.1, 0.15) is 31.2 Å². The monoisotopic (exact) mass is 272 g/mol. The highest BCUT2D eigenvalue weighted by Gasteiger charge is 2.37. The molecule has 0 aliphatic heterocycles. The Labute approximate surface area is 120 Å². The van der Waals surface area contributed by atoms with Crippen LogP contribution in [0.4, 0.5) is 5.95 Å². The van der Waals surface area contributed by atoms with Gasteiger partial charge >= 0.3 is 0 Å². The first kappa shape index (κ1) is 13.4. The first-order valence-corrected chi connectivity index (χ1v) is 7.42. The lowest BCUT2D eigenvalue weighted by atomic mass is 9.95. The summed E-state index contributed by atoms with van der Waals surface area (Å²) in [7, 11) is 4.38. The molecule has 0 bridgehead atoms. The van der Waals surface area contributed by atoms with Crippen LogP contribution in [0.2, 0.25) is 0 Å². The highest BCUT2D eigenvalue weighted by Crippen LogP contribution is 2.37. The number of nitrogen functional groups attached to an aromatic ring is 1. The number of likely N-dealkylation sites (N-methyl/N-ethyl adjacent to an activating group) is 1. The lowest BCUT2D eigenvalue weighted by molar-refractivity contribution is 0.136. The minimum Gasteiger partial charge on any atom is -0.369 e. The van der Waals surface area contributed by atoms with Crippen LogP contribution in [0.3, 0.4) is 0 Å². The zero-order valence-electron chi connectivity index (χ0n) is 12.7. The van der Waals surface area contributed by atoms with Gasteiger partial charge in [-0.1, -0.05) is 25.0 Å². The number of para-hydroxylation sites is 1. The molecule has 0 unspecified atom stereocenters. The fraction of sp³-hybridized carbons (Fsp3) is 0.562. The summed E-state index contributed by atoms with van der Waals surface area (Å²) < 4.78 is 2.22. The number of hydrogen-bond acceptors (Lipinski definition) is 3. The molecule has 0 spiro atoms. The first-order chi connectivity index (χ1) is 9.53. The normalized spacial score (nSPS) is 18.2. The molecule has 1 aliphatic rings. The summed E-state index contributed by atoms with van der Waals surface area (Å²) in [6.45, 7) is 3.07. The van der Waals surface area contributed by atoms with E-state index < -0.39 is 0 Å². The van der Waals surface area contributed by atoms with Crippen molar-refractivity contribution in [2.45, 2.75) is 44.7 Å². The molecule has 0 amide bonds. The molecule has 1 saturated carbocycles. The number of aromatic nitrogens is 2. The summed E-state index contributed by atoms with van der Waals surface area (Å²) in [5.41, 5.74) is 9.87. The van der Waals surface area contributed by atoms with Gasteiger partial charge in [0.25, 0.3) is 0 Å². The Bertz CT molecular complexity index is 621. The largest absolute Gasteiger partial charge is 0.369 e. The van der Waals surface area contributed by atoms with E-state index in [1.807, 2.05) is 12.1 Å². The van der Waals surface area contributed by atoms with E-state index in [1.54, 1.807) is 0 Å². The highest BCUT2D eigenvalue weighted by atomic mass is 15.2. The van der Waals surface area contributed by atoms with Crippen LogP contribution in [0.25, 0.3) is 11.0 Å². The van der Waals surface area contributed by atoms with E-state index in [0.29, 0.717) is 5.95 Å². The quantitative estimate of drug-likeness (QED) is 0.934. The number of hydrogen-bond donors (Lipinski definition) is 1. The minimum absolute atomic E-state index is 0.226. The molecule has 0 saturated heterocycles. The first-order valence-electron chi connectivity index (χ1n) is 7.42. The Morgan fingerprint density at radius 3 is 2.65 bits per heavy atom. The minimum atomic E-state index is 0.226. The zero-order valence-corrected chi connectivity index (χ0v) is 12.7. The fourth-order valence-electron chi connectivity index (χ4n) is 3.62. The third-order valence-corrected chi connectivity index (χ3v) is 4.93. The molecule has 0 radical (unpaired) electrons. The molecule has 1 fully saturated rings. The smallest absolute Gasteiger partial charge is 0.201 e. The SMILES string of the molecule is Cc1cccc2nc(N)n(CC3(N(C)C)CCCC3)c12. The van der Waals surface area contributed by atoms with Crippen LogP contribution in [-0.4, -0.2) is 34.1 Å². The van der Waals surface area contributed by atoms with E-state index in [0.717, 1.165) is 12.1 Å². The second-order valence-corrected chi connectivity index (χ2v) is 6.32. The van der Waals surface area contributed by atoms with Crippen LogP contribution in [0, 0.1) is 6.92 Å². The predicted octanol–water partition coefficient (Wildman–Crippen LogP) is 2.80. The van der Waals surface area contributed by atoms with Crippen molar-refractivity contribution >= 4 is 17.0 Å². The van der Waals surface area contributed by atoms with Gasteiger partial charge in [0.2, 0.25) is 5.95 Å². The number of aryl methyl sites for hydroxylation is 1. The summed E-state index contributed by atoms with van der Waals surface area (Å²) in [6.07, 6.45) is 5.10. The summed E-state index contributed by atoms with van der Waals surface area (Å²) >= 11 is 0. The van der Waals surface area contributed by atoms with E-state index in [2.05, 4.69) is 41.5 Å². The lowest BCUT2D eigenvalue weighted by Gasteiger charge is -2.37. The van der Waals surface area contributed by atoms with Gasteiger partial charge in [0.15, 0.2) is 0 Å². The van der Waals surface area contributed by atoms with E-state index in [-0.39, 0.29) is 5.54 Å².